The monoisotopic (exact) mass is 547 g/mol. The Hall–Kier alpha value is -2.68. The molecule has 0 unspecified atom stereocenters. The number of anilines is 1. The van der Waals surface area contributed by atoms with Crippen LogP contribution in [0.2, 0.25) is 5.02 Å². The average Bonchev–Trinajstić information content (AvgIpc) is 2.76. The summed E-state index contributed by atoms with van der Waals surface area (Å²) < 4.78 is 28.9. The van der Waals surface area contributed by atoms with Gasteiger partial charge in [-0.2, -0.15) is 5.10 Å². The number of carbonyl (C=O) groups excluding carboxylic acids is 1. The van der Waals surface area contributed by atoms with Crippen LogP contribution in [0.15, 0.2) is 81.2 Å². The molecule has 0 radical (unpaired) electrons. The third kappa shape index (κ3) is 6.22. The Morgan fingerprint density at radius 3 is 2.39 bits per heavy atom. The average molecular weight is 549 g/mol. The topological polar surface area (TPSA) is 78.8 Å². The van der Waals surface area contributed by atoms with Crippen molar-refractivity contribution in [3.8, 4) is 0 Å². The van der Waals surface area contributed by atoms with E-state index in [1.807, 2.05) is 31.2 Å². The Labute approximate surface area is 207 Å². The van der Waals surface area contributed by atoms with Crippen molar-refractivity contribution in [1.82, 2.24) is 5.43 Å². The van der Waals surface area contributed by atoms with E-state index in [0.717, 1.165) is 19.9 Å². The van der Waals surface area contributed by atoms with Crippen molar-refractivity contribution in [2.75, 3.05) is 10.8 Å². The summed E-state index contributed by atoms with van der Waals surface area (Å²) in [5.74, 6) is -0.575. The smallest absolute Gasteiger partial charge is 0.264 e. The molecule has 0 saturated carbocycles. The summed E-state index contributed by atoms with van der Waals surface area (Å²) in [5.41, 5.74) is 5.79. The molecular formula is C24H23BrClN3O3S. The van der Waals surface area contributed by atoms with Gasteiger partial charge in [-0.25, -0.2) is 13.8 Å². The van der Waals surface area contributed by atoms with E-state index < -0.39 is 22.5 Å². The van der Waals surface area contributed by atoms with Gasteiger partial charge < -0.3 is 0 Å². The second kappa shape index (κ2) is 10.5. The van der Waals surface area contributed by atoms with E-state index in [4.69, 9.17) is 11.6 Å². The summed E-state index contributed by atoms with van der Waals surface area (Å²) in [5, 5.41) is 4.61. The molecule has 1 N–H and O–H groups in total. The van der Waals surface area contributed by atoms with E-state index in [9.17, 15) is 13.2 Å². The van der Waals surface area contributed by atoms with E-state index in [2.05, 4.69) is 26.5 Å². The van der Waals surface area contributed by atoms with Crippen molar-refractivity contribution < 1.29 is 13.2 Å². The molecule has 0 aromatic heterocycles. The maximum absolute atomic E-state index is 13.5. The Kier molecular flexibility index (Phi) is 7.94. The van der Waals surface area contributed by atoms with Crippen molar-refractivity contribution in [2.24, 2.45) is 5.10 Å². The van der Waals surface area contributed by atoms with Crippen LogP contribution in [0.1, 0.15) is 23.6 Å². The first-order chi connectivity index (χ1) is 15.6. The number of nitrogens with one attached hydrogen (secondary N) is 1. The number of hydrogen-bond donors (Lipinski definition) is 1. The molecule has 172 valence electrons. The summed E-state index contributed by atoms with van der Waals surface area (Å²) in [6.07, 6.45) is 0. The number of aryl methyl sites for hydroxylation is 2. The van der Waals surface area contributed by atoms with Crippen molar-refractivity contribution in [3.05, 3.63) is 92.9 Å². The zero-order valence-corrected chi connectivity index (χ0v) is 21.5. The van der Waals surface area contributed by atoms with Crippen LogP contribution in [0.4, 0.5) is 5.69 Å². The summed E-state index contributed by atoms with van der Waals surface area (Å²) in [6, 6.07) is 18.8. The third-order valence-electron chi connectivity index (χ3n) is 4.91. The maximum Gasteiger partial charge on any atom is 0.264 e. The molecule has 0 aliphatic rings. The van der Waals surface area contributed by atoms with Gasteiger partial charge in [0.05, 0.1) is 16.3 Å². The minimum Gasteiger partial charge on any atom is -0.271 e. The summed E-state index contributed by atoms with van der Waals surface area (Å²) in [7, 11) is -4.02. The van der Waals surface area contributed by atoms with Gasteiger partial charge in [0.2, 0.25) is 0 Å². The number of rotatable bonds is 7. The van der Waals surface area contributed by atoms with Crippen LogP contribution in [0.25, 0.3) is 0 Å². The van der Waals surface area contributed by atoms with Gasteiger partial charge in [0.1, 0.15) is 6.54 Å². The molecule has 0 aliphatic heterocycles. The van der Waals surface area contributed by atoms with Gasteiger partial charge in [-0.15, -0.1) is 0 Å². The normalized spacial score (nSPS) is 11.8. The maximum atomic E-state index is 13.5. The fourth-order valence-electron chi connectivity index (χ4n) is 3.13. The molecule has 0 aliphatic carbocycles. The van der Waals surface area contributed by atoms with E-state index in [0.29, 0.717) is 22.0 Å². The fraction of sp³-hybridized carbons (Fsp3) is 0.167. The Bertz CT molecular complexity index is 1310. The van der Waals surface area contributed by atoms with E-state index in [1.54, 1.807) is 44.2 Å². The van der Waals surface area contributed by atoms with Gasteiger partial charge in [0, 0.05) is 9.50 Å². The molecule has 0 bridgehead atoms. The molecule has 0 heterocycles. The van der Waals surface area contributed by atoms with E-state index in [-0.39, 0.29) is 4.90 Å². The number of hydrogen-bond acceptors (Lipinski definition) is 4. The molecule has 9 heteroatoms. The third-order valence-corrected chi connectivity index (χ3v) is 7.42. The molecule has 33 heavy (non-hydrogen) atoms. The molecule has 3 aromatic rings. The van der Waals surface area contributed by atoms with Gasteiger partial charge >= 0.3 is 0 Å². The number of benzene rings is 3. The molecule has 6 nitrogen and oxygen atoms in total. The van der Waals surface area contributed by atoms with Crippen LogP contribution in [-0.4, -0.2) is 26.6 Å². The number of hydrazone groups is 1. The fourth-order valence-corrected chi connectivity index (χ4v) is 5.24. The van der Waals surface area contributed by atoms with E-state index >= 15 is 0 Å². The quantitative estimate of drug-likeness (QED) is 0.315. The Balaban J connectivity index is 1.92. The number of nitrogens with zero attached hydrogens (tertiary/aromatic N) is 2. The lowest BCUT2D eigenvalue weighted by Gasteiger charge is -2.25. The highest BCUT2D eigenvalue weighted by molar-refractivity contribution is 9.10. The van der Waals surface area contributed by atoms with Crippen molar-refractivity contribution in [2.45, 2.75) is 25.7 Å². The summed E-state index contributed by atoms with van der Waals surface area (Å²) in [4.78, 5) is 12.9. The summed E-state index contributed by atoms with van der Waals surface area (Å²) in [6.45, 7) is 4.92. The SMILES string of the molecule is C/C(=N/NC(=O)CN(c1ccc(Cl)cc1C)S(=O)(=O)c1ccc(C)cc1)c1cccc(Br)c1. The lowest BCUT2D eigenvalue weighted by molar-refractivity contribution is -0.119. The van der Waals surface area contributed by atoms with Crippen LogP contribution < -0.4 is 9.73 Å². The largest absolute Gasteiger partial charge is 0.271 e. The van der Waals surface area contributed by atoms with Crippen LogP contribution >= 0.6 is 27.5 Å². The second-order valence-corrected chi connectivity index (χ2v) is 10.7. The number of halogens is 2. The van der Waals surface area contributed by atoms with Gasteiger partial charge in [0.15, 0.2) is 0 Å². The highest BCUT2D eigenvalue weighted by atomic mass is 79.9. The van der Waals surface area contributed by atoms with Crippen molar-refractivity contribution in [3.63, 3.8) is 0 Å². The first-order valence-electron chi connectivity index (χ1n) is 10.0. The molecule has 1 amide bonds. The molecule has 0 spiro atoms. The number of amides is 1. The van der Waals surface area contributed by atoms with Gasteiger partial charge in [0.25, 0.3) is 15.9 Å². The lowest BCUT2D eigenvalue weighted by atomic mass is 10.1. The van der Waals surface area contributed by atoms with Crippen LogP contribution in [0.5, 0.6) is 0 Å². The predicted octanol–water partition coefficient (Wildman–Crippen LogP) is 5.46. The summed E-state index contributed by atoms with van der Waals surface area (Å²) >= 11 is 9.47. The van der Waals surface area contributed by atoms with Crippen molar-refractivity contribution in [1.29, 1.82) is 0 Å². The Morgan fingerprint density at radius 1 is 1.06 bits per heavy atom. The highest BCUT2D eigenvalue weighted by Gasteiger charge is 2.28. The molecule has 0 atom stereocenters. The van der Waals surface area contributed by atoms with Gasteiger partial charge in [-0.05, 0) is 74.4 Å². The first kappa shape index (κ1) is 25.0. The number of sulfonamides is 1. The van der Waals surface area contributed by atoms with Gasteiger partial charge in [-0.3, -0.25) is 9.10 Å². The minimum atomic E-state index is -4.02. The van der Waals surface area contributed by atoms with Gasteiger partial charge in [-0.1, -0.05) is 57.4 Å². The molecule has 3 rings (SSSR count). The molecule has 0 fully saturated rings. The number of carbonyl (C=O) groups is 1. The molecular weight excluding hydrogens is 526 g/mol. The zero-order chi connectivity index (χ0) is 24.2. The first-order valence-corrected chi connectivity index (χ1v) is 12.6. The standard InChI is InChI=1S/C24H23BrClN3O3S/c1-16-7-10-22(11-8-16)33(31,32)29(23-12-9-21(26)13-17(23)2)15-24(30)28-27-18(3)19-5-4-6-20(25)14-19/h4-14H,15H2,1-3H3,(H,28,30)/b27-18-. The predicted molar refractivity (Wildman–Crippen MR) is 136 cm³/mol. The Morgan fingerprint density at radius 2 is 1.76 bits per heavy atom. The lowest BCUT2D eigenvalue weighted by Crippen LogP contribution is -2.40. The molecule has 3 aromatic carbocycles. The molecule has 0 saturated heterocycles. The van der Waals surface area contributed by atoms with E-state index in [1.165, 1.54) is 12.1 Å². The van der Waals surface area contributed by atoms with Crippen LogP contribution in [0, 0.1) is 13.8 Å². The zero-order valence-electron chi connectivity index (χ0n) is 18.3. The van der Waals surface area contributed by atoms with Crippen molar-refractivity contribution >= 4 is 54.9 Å². The minimum absolute atomic E-state index is 0.0871. The van der Waals surface area contributed by atoms with Crippen LogP contribution in [-0.2, 0) is 14.8 Å². The second-order valence-electron chi connectivity index (χ2n) is 7.50. The van der Waals surface area contributed by atoms with Crippen LogP contribution in [0.3, 0.4) is 0 Å². The highest BCUT2D eigenvalue weighted by Crippen LogP contribution is 2.29.